The third-order valence-electron chi connectivity index (χ3n) is 6.52. The quantitative estimate of drug-likeness (QED) is 0.617. The fourth-order valence-electron chi connectivity index (χ4n) is 3.96. The summed E-state index contributed by atoms with van der Waals surface area (Å²) in [5, 5.41) is 3.07. The molecule has 0 bridgehead atoms. The first-order valence-corrected chi connectivity index (χ1v) is 13.3. The average molecular weight is 486 g/mol. The van der Waals surface area contributed by atoms with Crippen molar-refractivity contribution in [3.63, 3.8) is 0 Å². The summed E-state index contributed by atoms with van der Waals surface area (Å²) in [6, 6.07) is 11.9. The van der Waals surface area contributed by atoms with Crippen molar-refractivity contribution in [2.75, 3.05) is 17.8 Å². The van der Waals surface area contributed by atoms with E-state index in [2.05, 4.69) is 23.9 Å². The minimum absolute atomic E-state index is 0.0520. The van der Waals surface area contributed by atoms with Gasteiger partial charge < -0.3 is 10.2 Å². The lowest BCUT2D eigenvalue weighted by atomic mass is 9.94. The number of hydrogen-bond donors (Lipinski definition) is 2. The minimum Gasteiger partial charge on any atom is -0.353 e. The molecule has 8 heteroatoms. The predicted octanol–water partition coefficient (Wildman–Crippen LogP) is 4.12. The number of amides is 2. The molecule has 0 spiro atoms. The number of carbonyl (C=O) groups is 2. The first-order chi connectivity index (χ1) is 16.0. The molecule has 0 saturated carbocycles. The second-order valence-electron chi connectivity index (χ2n) is 9.56. The van der Waals surface area contributed by atoms with Crippen LogP contribution in [-0.2, 0) is 14.8 Å². The van der Waals surface area contributed by atoms with Crippen molar-refractivity contribution in [2.24, 2.45) is 11.8 Å². The maximum atomic E-state index is 13.1. The Morgan fingerprint density at radius 2 is 1.68 bits per heavy atom. The molecule has 2 aromatic carbocycles. The Balaban J connectivity index is 1.65. The second-order valence-corrected chi connectivity index (χ2v) is 11.2. The van der Waals surface area contributed by atoms with Gasteiger partial charge in [-0.05, 0) is 74.9 Å². The molecule has 34 heavy (non-hydrogen) atoms. The largest absolute Gasteiger partial charge is 0.353 e. The van der Waals surface area contributed by atoms with E-state index >= 15 is 0 Å². The number of benzene rings is 2. The number of nitrogens with one attached hydrogen (secondary N) is 2. The van der Waals surface area contributed by atoms with Crippen LogP contribution in [0.2, 0.25) is 0 Å². The van der Waals surface area contributed by atoms with Gasteiger partial charge >= 0.3 is 0 Å². The molecule has 0 radical (unpaired) electrons. The van der Waals surface area contributed by atoms with Crippen molar-refractivity contribution < 1.29 is 18.0 Å². The number of carbonyl (C=O) groups excluding carboxylic acids is 2. The Bertz CT molecular complexity index is 1150. The molecule has 2 N–H and O–H groups in total. The molecule has 1 heterocycles. The van der Waals surface area contributed by atoms with E-state index in [1.807, 2.05) is 19.9 Å². The molecule has 2 amide bonds. The molecule has 1 fully saturated rings. The van der Waals surface area contributed by atoms with Crippen molar-refractivity contribution in [2.45, 2.75) is 58.4 Å². The van der Waals surface area contributed by atoms with E-state index in [9.17, 15) is 18.0 Å². The van der Waals surface area contributed by atoms with Gasteiger partial charge in [-0.25, -0.2) is 8.42 Å². The molecule has 1 unspecified atom stereocenters. The summed E-state index contributed by atoms with van der Waals surface area (Å²) in [4.78, 5) is 27.5. The molecule has 1 aliphatic heterocycles. The standard InChI is InChI=1S/C26H35N3O4S/c1-17(2)20(5)27-25(30)21-11-13-29(14-12-21)26(31)22-7-6-8-23(16-22)28-34(32,33)24-15-18(3)9-10-19(24)4/h6-10,15-17,20-21,28H,11-14H2,1-5H3,(H,27,30). The topological polar surface area (TPSA) is 95.6 Å². The maximum Gasteiger partial charge on any atom is 0.262 e. The third kappa shape index (κ3) is 6.17. The lowest BCUT2D eigenvalue weighted by molar-refractivity contribution is -0.127. The number of likely N-dealkylation sites (tertiary alicyclic amines) is 1. The molecular formula is C26H35N3O4S. The summed E-state index contributed by atoms with van der Waals surface area (Å²) >= 11 is 0. The van der Waals surface area contributed by atoms with E-state index in [4.69, 9.17) is 0 Å². The van der Waals surface area contributed by atoms with Gasteiger partial charge in [-0.2, -0.15) is 0 Å². The molecule has 0 aliphatic carbocycles. The fraction of sp³-hybridized carbons (Fsp3) is 0.462. The molecule has 3 rings (SSSR count). The summed E-state index contributed by atoms with van der Waals surface area (Å²) < 4.78 is 28.5. The molecule has 1 aliphatic rings. The number of anilines is 1. The monoisotopic (exact) mass is 485 g/mol. The first-order valence-electron chi connectivity index (χ1n) is 11.8. The van der Waals surface area contributed by atoms with Crippen LogP contribution in [0.1, 0.15) is 55.1 Å². The van der Waals surface area contributed by atoms with Crippen LogP contribution in [0.4, 0.5) is 5.69 Å². The van der Waals surface area contributed by atoms with Crippen molar-refractivity contribution in [1.29, 1.82) is 0 Å². The molecule has 1 saturated heterocycles. The van der Waals surface area contributed by atoms with Crippen LogP contribution in [0, 0.1) is 25.7 Å². The zero-order valence-corrected chi connectivity index (χ0v) is 21.4. The maximum absolute atomic E-state index is 13.1. The highest BCUT2D eigenvalue weighted by Gasteiger charge is 2.29. The van der Waals surface area contributed by atoms with Crippen LogP contribution in [0.25, 0.3) is 0 Å². The Morgan fingerprint density at radius 3 is 2.32 bits per heavy atom. The van der Waals surface area contributed by atoms with Gasteiger partial charge in [0.15, 0.2) is 0 Å². The van der Waals surface area contributed by atoms with Gasteiger partial charge in [0.2, 0.25) is 5.91 Å². The third-order valence-corrected chi connectivity index (χ3v) is 8.04. The number of hydrogen-bond acceptors (Lipinski definition) is 4. The highest BCUT2D eigenvalue weighted by Crippen LogP contribution is 2.24. The summed E-state index contributed by atoms with van der Waals surface area (Å²) in [7, 11) is -3.79. The van der Waals surface area contributed by atoms with Gasteiger partial charge in [0, 0.05) is 36.3 Å². The summed E-state index contributed by atoms with van der Waals surface area (Å²) in [5.41, 5.74) is 2.26. The predicted molar refractivity (Wildman–Crippen MR) is 134 cm³/mol. The second kappa shape index (κ2) is 10.6. The molecule has 0 aromatic heterocycles. The zero-order chi connectivity index (χ0) is 25.0. The van der Waals surface area contributed by atoms with E-state index in [0.717, 1.165) is 5.56 Å². The minimum atomic E-state index is -3.79. The van der Waals surface area contributed by atoms with E-state index in [0.29, 0.717) is 48.7 Å². The lowest BCUT2D eigenvalue weighted by Gasteiger charge is -2.32. The fourth-order valence-corrected chi connectivity index (χ4v) is 5.34. The number of rotatable bonds is 7. The number of nitrogens with zero attached hydrogens (tertiary/aromatic N) is 1. The van der Waals surface area contributed by atoms with Gasteiger partial charge in [0.05, 0.1) is 4.90 Å². The lowest BCUT2D eigenvalue weighted by Crippen LogP contribution is -2.45. The molecule has 184 valence electrons. The molecular weight excluding hydrogens is 450 g/mol. The van der Waals surface area contributed by atoms with Crippen molar-refractivity contribution >= 4 is 27.5 Å². The van der Waals surface area contributed by atoms with E-state index in [1.54, 1.807) is 48.2 Å². The van der Waals surface area contributed by atoms with Gasteiger partial charge in [-0.1, -0.05) is 32.0 Å². The van der Waals surface area contributed by atoms with Crippen LogP contribution < -0.4 is 10.0 Å². The van der Waals surface area contributed by atoms with Crippen LogP contribution in [-0.4, -0.2) is 44.3 Å². The van der Waals surface area contributed by atoms with Gasteiger partial charge in [0.25, 0.3) is 15.9 Å². The van der Waals surface area contributed by atoms with Crippen molar-refractivity contribution in [3.8, 4) is 0 Å². The molecule has 7 nitrogen and oxygen atoms in total. The smallest absolute Gasteiger partial charge is 0.262 e. The van der Waals surface area contributed by atoms with Gasteiger partial charge in [-0.3, -0.25) is 14.3 Å². The summed E-state index contributed by atoms with van der Waals surface area (Å²) in [5.74, 6) is 0.157. The number of sulfonamides is 1. The van der Waals surface area contributed by atoms with E-state index < -0.39 is 10.0 Å². The van der Waals surface area contributed by atoms with E-state index in [-0.39, 0.29) is 28.7 Å². The van der Waals surface area contributed by atoms with Gasteiger partial charge in [-0.15, -0.1) is 0 Å². The highest BCUT2D eigenvalue weighted by molar-refractivity contribution is 7.92. The zero-order valence-electron chi connectivity index (χ0n) is 20.6. The molecule has 2 aromatic rings. The number of piperidine rings is 1. The SMILES string of the molecule is Cc1ccc(C)c(S(=O)(=O)Nc2cccc(C(=O)N3CCC(C(=O)NC(C)C(C)C)CC3)c2)c1. The summed E-state index contributed by atoms with van der Waals surface area (Å²) in [6.07, 6.45) is 1.22. The first kappa shape index (κ1) is 25.7. The average Bonchev–Trinajstić information content (AvgIpc) is 2.80. The Morgan fingerprint density at radius 1 is 1.00 bits per heavy atom. The Hall–Kier alpha value is -2.87. The highest BCUT2D eigenvalue weighted by atomic mass is 32.2. The van der Waals surface area contributed by atoms with Crippen LogP contribution in [0.15, 0.2) is 47.4 Å². The Kier molecular flexibility index (Phi) is 8.02. The van der Waals surface area contributed by atoms with E-state index in [1.165, 1.54) is 0 Å². The van der Waals surface area contributed by atoms with Crippen molar-refractivity contribution in [1.82, 2.24) is 10.2 Å². The van der Waals surface area contributed by atoms with Gasteiger partial charge in [0.1, 0.15) is 0 Å². The van der Waals surface area contributed by atoms with Crippen LogP contribution >= 0.6 is 0 Å². The van der Waals surface area contributed by atoms with Crippen LogP contribution in [0.5, 0.6) is 0 Å². The normalized spacial score (nSPS) is 15.8. The summed E-state index contributed by atoms with van der Waals surface area (Å²) in [6.45, 7) is 10.7. The number of aryl methyl sites for hydroxylation is 2. The Labute approximate surface area is 203 Å². The van der Waals surface area contributed by atoms with Crippen LogP contribution in [0.3, 0.4) is 0 Å². The molecule has 1 atom stereocenters. The van der Waals surface area contributed by atoms with Crippen molar-refractivity contribution in [3.05, 3.63) is 59.2 Å².